The predicted octanol–water partition coefficient (Wildman–Crippen LogP) is 5.07. The number of hydrogen-bond donors (Lipinski definition) is 0. The number of halogens is 1. The Bertz CT molecular complexity index is 1280. The Balaban J connectivity index is 1.43. The SMILES string of the molecule is Fc1ccccc1-c1nnc(SCc2noc(-c3ccoc3)n2)n1Cc1ccccc1. The molecule has 0 unspecified atom stereocenters. The Labute approximate surface area is 180 Å². The minimum atomic E-state index is -0.344. The summed E-state index contributed by atoms with van der Waals surface area (Å²) in [5, 5.41) is 13.2. The van der Waals surface area contributed by atoms with Crippen LogP contribution in [0.5, 0.6) is 0 Å². The molecular formula is C22H16FN5O2S. The van der Waals surface area contributed by atoms with Crippen LogP contribution in [0.15, 0.2) is 87.3 Å². The van der Waals surface area contributed by atoms with Crippen LogP contribution in [0, 0.1) is 5.82 Å². The van der Waals surface area contributed by atoms with Crippen molar-refractivity contribution in [1.29, 1.82) is 0 Å². The number of furan rings is 1. The third-order valence-corrected chi connectivity index (χ3v) is 5.54. The molecule has 31 heavy (non-hydrogen) atoms. The molecular weight excluding hydrogens is 417 g/mol. The monoisotopic (exact) mass is 433 g/mol. The fourth-order valence-electron chi connectivity index (χ4n) is 3.09. The van der Waals surface area contributed by atoms with E-state index in [1.165, 1.54) is 17.8 Å². The second-order valence-electron chi connectivity index (χ2n) is 6.67. The summed E-state index contributed by atoms with van der Waals surface area (Å²) < 4.78 is 26.7. The molecule has 0 amide bonds. The molecule has 0 spiro atoms. The van der Waals surface area contributed by atoms with Crippen LogP contribution in [0.1, 0.15) is 11.4 Å². The van der Waals surface area contributed by atoms with Gasteiger partial charge in [0.1, 0.15) is 12.1 Å². The van der Waals surface area contributed by atoms with Crippen LogP contribution < -0.4 is 0 Å². The van der Waals surface area contributed by atoms with Gasteiger partial charge in [-0.2, -0.15) is 4.98 Å². The molecule has 0 atom stereocenters. The molecule has 0 radical (unpaired) electrons. The summed E-state index contributed by atoms with van der Waals surface area (Å²) in [6.45, 7) is 0.506. The molecule has 0 aliphatic rings. The van der Waals surface area contributed by atoms with Crippen LogP contribution in [0.25, 0.3) is 22.8 Å². The maximum Gasteiger partial charge on any atom is 0.261 e. The topological polar surface area (TPSA) is 82.8 Å². The zero-order valence-corrected chi connectivity index (χ0v) is 17.0. The summed E-state index contributed by atoms with van der Waals surface area (Å²) in [6, 6.07) is 18.2. The van der Waals surface area contributed by atoms with E-state index in [1.54, 1.807) is 36.8 Å². The second-order valence-corrected chi connectivity index (χ2v) is 7.62. The molecule has 9 heteroatoms. The number of thioether (sulfide) groups is 1. The Hall–Kier alpha value is -3.72. The average molecular weight is 433 g/mol. The third-order valence-electron chi connectivity index (χ3n) is 4.58. The summed E-state index contributed by atoms with van der Waals surface area (Å²) in [5.74, 6) is 1.45. The summed E-state index contributed by atoms with van der Waals surface area (Å²) >= 11 is 1.41. The van der Waals surface area contributed by atoms with Crippen molar-refractivity contribution in [3.05, 3.63) is 90.4 Å². The van der Waals surface area contributed by atoms with Gasteiger partial charge in [-0.25, -0.2) is 4.39 Å². The highest BCUT2D eigenvalue weighted by atomic mass is 32.2. The van der Waals surface area contributed by atoms with Crippen molar-refractivity contribution in [2.24, 2.45) is 0 Å². The molecule has 0 bridgehead atoms. The van der Waals surface area contributed by atoms with Gasteiger partial charge in [0.05, 0.1) is 29.7 Å². The lowest BCUT2D eigenvalue weighted by Gasteiger charge is -2.10. The highest BCUT2D eigenvalue weighted by molar-refractivity contribution is 7.98. The molecule has 0 saturated carbocycles. The first-order valence-electron chi connectivity index (χ1n) is 9.48. The second kappa shape index (κ2) is 8.57. The van der Waals surface area contributed by atoms with E-state index in [9.17, 15) is 4.39 Å². The van der Waals surface area contributed by atoms with Crippen LogP contribution >= 0.6 is 11.8 Å². The van der Waals surface area contributed by atoms with Gasteiger partial charge in [-0.1, -0.05) is 59.4 Å². The Morgan fingerprint density at radius 3 is 2.61 bits per heavy atom. The number of benzene rings is 2. The lowest BCUT2D eigenvalue weighted by atomic mass is 10.2. The van der Waals surface area contributed by atoms with E-state index in [2.05, 4.69) is 20.3 Å². The van der Waals surface area contributed by atoms with Crippen molar-refractivity contribution in [3.8, 4) is 22.8 Å². The van der Waals surface area contributed by atoms with Gasteiger partial charge in [0.15, 0.2) is 16.8 Å². The summed E-state index contributed by atoms with van der Waals surface area (Å²) in [6.07, 6.45) is 3.09. The van der Waals surface area contributed by atoms with E-state index in [4.69, 9.17) is 8.94 Å². The highest BCUT2D eigenvalue weighted by Crippen LogP contribution is 2.29. The first-order valence-corrected chi connectivity index (χ1v) is 10.5. The molecule has 0 saturated heterocycles. The maximum atomic E-state index is 14.5. The summed E-state index contributed by atoms with van der Waals surface area (Å²) in [7, 11) is 0. The smallest absolute Gasteiger partial charge is 0.261 e. The molecule has 7 nitrogen and oxygen atoms in total. The van der Waals surface area contributed by atoms with E-state index in [0.29, 0.717) is 40.6 Å². The standard InChI is InChI=1S/C22H16FN5O2S/c23-18-9-5-4-8-17(18)20-25-26-22(28(20)12-15-6-2-1-3-7-15)31-14-19-24-21(30-27-19)16-10-11-29-13-16/h1-11,13H,12,14H2. The van der Waals surface area contributed by atoms with E-state index in [1.807, 2.05) is 34.9 Å². The van der Waals surface area contributed by atoms with E-state index in [-0.39, 0.29) is 5.82 Å². The number of aromatic nitrogens is 5. The fourth-order valence-corrected chi connectivity index (χ4v) is 3.87. The molecule has 5 aromatic rings. The molecule has 0 aliphatic carbocycles. The lowest BCUT2D eigenvalue weighted by Crippen LogP contribution is -2.05. The van der Waals surface area contributed by atoms with Gasteiger partial charge in [0.2, 0.25) is 0 Å². The minimum Gasteiger partial charge on any atom is -0.472 e. The van der Waals surface area contributed by atoms with Gasteiger partial charge in [0, 0.05) is 0 Å². The van der Waals surface area contributed by atoms with E-state index in [0.717, 1.165) is 11.1 Å². The van der Waals surface area contributed by atoms with Crippen LogP contribution in [-0.2, 0) is 12.3 Å². The van der Waals surface area contributed by atoms with Crippen LogP contribution in [0.2, 0.25) is 0 Å². The van der Waals surface area contributed by atoms with Gasteiger partial charge < -0.3 is 8.94 Å². The molecule has 0 fully saturated rings. The van der Waals surface area contributed by atoms with Crippen molar-refractivity contribution in [3.63, 3.8) is 0 Å². The minimum absolute atomic E-state index is 0.344. The van der Waals surface area contributed by atoms with E-state index < -0.39 is 0 Å². The van der Waals surface area contributed by atoms with Gasteiger partial charge >= 0.3 is 0 Å². The van der Waals surface area contributed by atoms with Crippen molar-refractivity contribution in [2.45, 2.75) is 17.5 Å². The largest absolute Gasteiger partial charge is 0.472 e. The molecule has 2 aromatic carbocycles. The molecule has 0 aliphatic heterocycles. The molecule has 5 rings (SSSR count). The average Bonchev–Trinajstić information content (AvgIpc) is 3.55. The van der Waals surface area contributed by atoms with Crippen molar-refractivity contribution in [1.82, 2.24) is 24.9 Å². The summed E-state index contributed by atoms with van der Waals surface area (Å²) in [4.78, 5) is 4.38. The van der Waals surface area contributed by atoms with Gasteiger partial charge in [-0.05, 0) is 23.8 Å². The molecule has 0 N–H and O–H groups in total. The Morgan fingerprint density at radius 1 is 0.968 bits per heavy atom. The van der Waals surface area contributed by atoms with Crippen molar-refractivity contribution >= 4 is 11.8 Å². The third kappa shape index (κ3) is 4.13. The van der Waals surface area contributed by atoms with Crippen LogP contribution in [0.4, 0.5) is 4.39 Å². The van der Waals surface area contributed by atoms with Gasteiger partial charge in [-0.15, -0.1) is 10.2 Å². The zero-order valence-electron chi connectivity index (χ0n) is 16.2. The predicted molar refractivity (Wildman–Crippen MR) is 113 cm³/mol. The molecule has 154 valence electrons. The van der Waals surface area contributed by atoms with Crippen LogP contribution in [0.3, 0.4) is 0 Å². The van der Waals surface area contributed by atoms with Gasteiger partial charge in [0.25, 0.3) is 5.89 Å². The van der Waals surface area contributed by atoms with Gasteiger partial charge in [-0.3, -0.25) is 4.57 Å². The van der Waals surface area contributed by atoms with E-state index >= 15 is 0 Å². The summed E-state index contributed by atoms with van der Waals surface area (Å²) in [5.41, 5.74) is 2.18. The Morgan fingerprint density at radius 2 is 1.81 bits per heavy atom. The Kier molecular flexibility index (Phi) is 5.32. The highest BCUT2D eigenvalue weighted by Gasteiger charge is 2.19. The number of hydrogen-bond acceptors (Lipinski definition) is 7. The number of nitrogens with zero attached hydrogens (tertiary/aromatic N) is 5. The zero-order chi connectivity index (χ0) is 21.0. The van der Waals surface area contributed by atoms with Crippen molar-refractivity contribution < 1.29 is 13.3 Å². The van der Waals surface area contributed by atoms with Crippen LogP contribution in [-0.4, -0.2) is 24.9 Å². The first kappa shape index (κ1) is 19.3. The van der Waals surface area contributed by atoms with Crippen molar-refractivity contribution in [2.75, 3.05) is 0 Å². The molecule has 3 aromatic heterocycles. The maximum absolute atomic E-state index is 14.5. The number of rotatable bonds is 7. The lowest BCUT2D eigenvalue weighted by molar-refractivity contribution is 0.424. The molecule has 3 heterocycles. The normalized spacial score (nSPS) is 11.1. The fraction of sp³-hybridized carbons (Fsp3) is 0.0909. The first-order chi connectivity index (χ1) is 15.3. The quantitative estimate of drug-likeness (QED) is 0.332.